The molecule has 0 aliphatic heterocycles. The molecule has 1 aromatic heterocycles. The smallest absolute Gasteiger partial charge is 0.270 e. The second-order valence-electron chi connectivity index (χ2n) is 4.20. The van der Waals surface area contributed by atoms with Gasteiger partial charge < -0.3 is 10.3 Å². The van der Waals surface area contributed by atoms with Gasteiger partial charge in [-0.05, 0) is 24.3 Å². The number of benzene rings is 2. The molecule has 0 amide bonds. The predicted octanol–water partition coefficient (Wildman–Crippen LogP) is 3.82. The zero-order valence-corrected chi connectivity index (χ0v) is 9.96. The number of fused-ring (bicyclic) bond motifs is 1. The molecule has 94 valence electrons. The molecule has 1 heterocycles. The van der Waals surface area contributed by atoms with Crippen LogP contribution in [0.5, 0.6) is 0 Å². The van der Waals surface area contributed by atoms with Gasteiger partial charge in [0.05, 0.1) is 4.92 Å². The first-order chi connectivity index (χ1) is 9.22. The highest BCUT2D eigenvalue weighted by Crippen LogP contribution is 2.25. The Labute approximate surface area is 109 Å². The number of hydrogen-bond donors (Lipinski definition) is 2. The van der Waals surface area contributed by atoms with Crippen molar-refractivity contribution in [2.75, 3.05) is 5.32 Å². The van der Waals surface area contributed by atoms with Crippen molar-refractivity contribution in [3.05, 3.63) is 64.7 Å². The molecule has 0 unspecified atom stereocenters. The molecule has 0 saturated heterocycles. The number of hydrogen-bond acceptors (Lipinski definition) is 3. The van der Waals surface area contributed by atoms with E-state index in [-0.39, 0.29) is 5.69 Å². The molecule has 5 heteroatoms. The fourth-order valence-electron chi connectivity index (χ4n) is 1.98. The summed E-state index contributed by atoms with van der Waals surface area (Å²) < 4.78 is 0. The lowest BCUT2D eigenvalue weighted by molar-refractivity contribution is -0.384. The van der Waals surface area contributed by atoms with Crippen LogP contribution in [-0.4, -0.2) is 9.91 Å². The lowest BCUT2D eigenvalue weighted by atomic mass is 10.2. The quantitative estimate of drug-likeness (QED) is 0.550. The molecule has 2 N–H and O–H groups in total. The third-order valence-electron chi connectivity index (χ3n) is 2.87. The van der Waals surface area contributed by atoms with E-state index in [2.05, 4.69) is 10.3 Å². The van der Waals surface area contributed by atoms with Crippen LogP contribution in [0, 0.1) is 10.1 Å². The normalized spacial score (nSPS) is 10.5. The first kappa shape index (κ1) is 11.3. The van der Waals surface area contributed by atoms with E-state index in [4.69, 9.17) is 0 Å². The number of H-pyrrole nitrogens is 1. The SMILES string of the molecule is O=[N+]([O-])c1ccc2[nH]c(Nc3ccccc3)cc2c1. The minimum atomic E-state index is -0.392. The monoisotopic (exact) mass is 253 g/mol. The second kappa shape index (κ2) is 4.45. The highest BCUT2D eigenvalue weighted by Gasteiger charge is 2.08. The number of para-hydroxylation sites is 1. The summed E-state index contributed by atoms with van der Waals surface area (Å²) in [4.78, 5) is 13.5. The average Bonchev–Trinajstić information content (AvgIpc) is 2.80. The highest BCUT2D eigenvalue weighted by atomic mass is 16.6. The molecule has 0 aliphatic carbocycles. The van der Waals surface area contributed by atoms with Crippen molar-refractivity contribution >= 4 is 28.1 Å². The van der Waals surface area contributed by atoms with E-state index in [1.807, 2.05) is 36.4 Å². The predicted molar refractivity (Wildman–Crippen MR) is 74.7 cm³/mol. The first-order valence-corrected chi connectivity index (χ1v) is 5.81. The third-order valence-corrected chi connectivity index (χ3v) is 2.87. The minimum absolute atomic E-state index is 0.0951. The van der Waals surface area contributed by atoms with Crippen molar-refractivity contribution in [3.8, 4) is 0 Å². The Bertz CT molecular complexity index is 735. The van der Waals surface area contributed by atoms with Crippen LogP contribution in [0.2, 0.25) is 0 Å². The number of nitrogens with zero attached hydrogens (tertiary/aromatic N) is 1. The first-order valence-electron chi connectivity index (χ1n) is 5.81. The fourth-order valence-corrected chi connectivity index (χ4v) is 1.98. The van der Waals surface area contributed by atoms with Crippen molar-refractivity contribution in [1.82, 2.24) is 4.98 Å². The standard InChI is InChI=1S/C14H11N3O2/c18-17(19)12-6-7-13-10(8-12)9-14(16-13)15-11-4-2-1-3-5-11/h1-9,15-16H. The molecule has 3 rings (SSSR count). The Hall–Kier alpha value is -2.82. The van der Waals surface area contributed by atoms with Gasteiger partial charge in [0.2, 0.25) is 0 Å². The number of nitro groups is 1. The minimum Gasteiger partial charge on any atom is -0.342 e. The van der Waals surface area contributed by atoms with Crippen LogP contribution >= 0.6 is 0 Å². The van der Waals surface area contributed by atoms with E-state index in [0.29, 0.717) is 0 Å². The number of nitrogens with one attached hydrogen (secondary N) is 2. The molecule has 5 nitrogen and oxygen atoms in total. The summed E-state index contributed by atoms with van der Waals surface area (Å²) in [6.07, 6.45) is 0. The van der Waals surface area contributed by atoms with E-state index in [1.165, 1.54) is 6.07 Å². The largest absolute Gasteiger partial charge is 0.342 e. The Morgan fingerprint density at radius 1 is 1.05 bits per heavy atom. The molecule has 0 radical (unpaired) electrons. The summed E-state index contributed by atoms with van der Waals surface area (Å²) in [6.45, 7) is 0. The highest BCUT2D eigenvalue weighted by molar-refractivity contribution is 5.86. The van der Waals surface area contributed by atoms with Crippen molar-refractivity contribution in [2.45, 2.75) is 0 Å². The van der Waals surface area contributed by atoms with Gasteiger partial charge in [0.25, 0.3) is 5.69 Å². The summed E-state index contributed by atoms with van der Waals surface area (Å²) in [5.74, 6) is 0.807. The summed E-state index contributed by atoms with van der Waals surface area (Å²) >= 11 is 0. The maximum atomic E-state index is 10.7. The van der Waals surface area contributed by atoms with E-state index in [0.717, 1.165) is 22.4 Å². The molecular formula is C14H11N3O2. The summed E-state index contributed by atoms with van der Waals surface area (Å²) in [5, 5.41) is 14.8. The molecule has 0 spiro atoms. The third kappa shape index (κ3) is 2.26. The van der Waals surface area contributed by atoms with Crippen LogP contribution in [0.15, 0.2) is 54.6 Å². The lowest BCUT2D eigenvalue weighted by Gasteiger charge is -2.01. The molecule has 2 aromatic carbocycles. The Balaban J connectivity index is 1.95. The van der Waals surface area contributed by atoms with E-state index in [9.17, 15) is 10.1 Å². The zero-order valence-electron chi connectivity index (χ0n) is 9.96. The van der Waals surface area contributed by atoms with Crippen LogP contribution in [0.3, 0.4) is 0 Å². The van der Waals surface area contributed by atoms with E-state index in [1.54, 1.807) is 12.1 Å². The second-order valence-corrected chi connectivity index (χ2v) is 4.20. The van der Waals surface area contributed by atoms with Gasteiger partial charge in [-0.25, -0.2) is 0 Å². The Morgan fingerprint density at radius 2 is 1.84 bits per heavy atom. The van der Waals surface area contributed by atoms with Crippen LogP contribution in [0.25, 0.3) is 10.9 Å². The van der Waals surface area contributed by atoms with Crippen molar-refractivity contribution < 1.29 is 4.92 Å². The summed E-state index contributed by atoms with van der Waals surface area (Å²) in [6, 6.07) is 16.3. The van der Waals surface area contributed by atoms with Gasteiger partial charge in [-0.15, -0.1) is 0 Å². The number of anilines is 2. The number of aromatic amines is 1. The zero-order chi connectivity index (χ0) is 13.2. The lowest BCUT2D eigenvalue weighted by Crippen LogP contribution is -1.88. The summed E-state index contributed by atoms with van der Waals surface area (Å²) in [7, 11) is 0. The molecule has 0 atom stereocenters. The number of nitro benzene ring substituents is 1. The Kier molecular flexibility index (Phi) is 2.64. The molecule has 19 heavy (non-hydrogen) atoms. The molecule has 0 fully saturated rings. The van der Waals surface area contributed by atoms with Gasteiger partial charge in [-0.1, -0.05) is 18.2 Å². The summed E-state index contributed by atoms with van der Waals surface area (Å²) in [5.41, 5.74) is 1.92. The maximum absolute atomic E-state index is 10.7. The molecule has 0 saturated carbocycles. The van der Waals surface area contributed by atoms with Crippen LogP contribution in [-0.2, 0) is 0 Å². The number of aromatic nitrogens is 1. The molecule has 0 aliphatic rings. The number of rotatable bonds is 3. The van der Waals surface area contributed by atoms with Gasteiger partial charge >= 0.3 is 0 Å². The van der Waals surface area contributed by atoms with Crippen molar-refractivity contribution in [3.63, 3.8) is 0 Å². The number of non-ortho nitro benzene ring substituents is 1. The van der Waals surface area contributed by atoms with Gasteiger partial charge in [-0.3, -0.25) is 10.1 Å². The average molecular weight is 253 g/mol. The van der Waals surface area contributed by atoms with E-state index >= 15 is 0 Å². The Morgan fingerprint density at radius 3 is 2.58 bits per heavy atom. The van der Waals surface area contributed by atoms with Crippen molar-refractivity contribution in [1.29, 1.82) is 0 Å². The van der Waals surface area contributed by atoms with E-state index < -0.39 is 4.92 Å². The molecule has 0 bridgehead atoms. The maximum Gasteiger partial charge on any atom is 0.270 e. The van der Waals surface area contributed by atoms with Crippen LogP contribution in [0.1, 0.15) is 0 Å². The molecule has 3 aromatic rings. The van der Waals surface area contributed by atoms with Gasteiger partial charge in [0.1, 0.15) is 5.82 Å². The van der Waals surface area contributed by atoms with Crippen molar-refractivity contribution in [2.24, 2.45) is 0 Å². The topological polar surface area (TPSA) is 71.0 Å². The molecular weight excluding hydrogens is 242 g/mol. The van der Waals surface area contributed by atoms with Gasteiger partial charge in [-0.2, -0.15) is 0 Å². The van der Waals surface area contributed by atoms with Crippen LogP contribution in [0.4, 0.5) is 17.2 Å². The fraction of sp³-hybridized carbons (Fsp3) is 0. The van der Waals surface area contributed by atoms with Crippen LogP contribution < -0.4 is 5.32 Å². The van der Waals surface area contributed by atoms with Gasteiger partial charge in [0, 0.05) is 28.7 Å². The van der Waals surface area contributed by atoms with Gasteiger partial charge in [0.15, 0.2) is 0 Å².